The molecule has 2 aromatic rings. The maximum atomic E-state index is 13.7. The molecule has 5 nitrogen and oxygen atoms in total. The van der Waals surface area contributed by atoms with Gasteiger partial charge in [0.1, 0.15) is 16.5 Å². The molecule has 0 heterocycles. The Hall–Kier alpha value is -1.99. The molecule has 0 radical (unpaired) electrons. The number of nitrogens with two attached hydrogens (primary N) is 1. The van der Waals surface area contributed by atoms with Gasteiger partial charge in [0.25, 0.3) is 10.0 Å². The molecule has 0 aliphatic carbocycles. The van der Waals surface area contributed by atoms with Crippen LogP contribution >= 0.6 is 11.6 Å². The number of hydrogen-bond donors (Lipinski definition) is 2. The lowest BCUT2D eigenvalue weighted by Gasteiger charge is -2.11. The molecule has 0 saturated heterocycles. The fourth-order valence-corrected chi connectivity index (χ4v) is 3.02. The zero-order valence-electron chi connectivity index (χ0n) is 10.9. The lowest BCUT2D eigenvalue weighted by Crippen LogP contribution is -2.15. The van der Waals surface area contributed by atoms with Crippen molar-refractivity contribution in [1.29, 1.82) is 0 Å². The summed E-state index contributed by atoms with van der Waals surface area (Å²) in [6.07, 6.45) is 0. The minimum Gasteiger partial charge on any atom is -0.495 e. The number of halogens is 2. The van der Waals surface area contributed by atoms with Crippen molar-refractivity contribution in [1.82, 2.24) is 0 Å². The summed E-state index contributed by atoms with van der Waals surface area (Å²) in [6, 6.07) is 7.61. The fourth-order valence-electron chi connectivity index (χ4n) is 1.66. The molecule has 0 spiro atoms. The van der Waals surface area contributed by atoms with E-state index in [0.29, 0.717) is 10.8 Å². The molecular weight excluding hydrogens is 319 g/mol. The first-order valence-electron chi connectivity index (χ1n) is 5.75. The SMILES string of the molecule is COc1cc(NS(=O)(=O)c2cc(N)ccc2F)ccc1Cl. The number of benzene rings is 2. The van der Waals surface area contributed by atoms with Crippen molar-refractivity contribution in [2.45, 2.75) is 4.90 Å². The van der Waals surface area contributed by atoms with Crippen molar-refractivity contribution >= 4 is 33.0 Å². The minimum atomic E-state index is -4.11. The molecule has 0 fully saturated rings. The van der Waals surface area contributed by atoms with Gasteiger partial charge in [0, 0.05) is 11.8 Å². The molecule has 112 valence electrons. The molecule has 2 rings (SSSR count). The number of ether oxygens (including phenoxy) is 1. The highest BCUT2D eigenvalue weighted by molar-refractivity contribution is 7.92. The van der Waals surface area contributed by atoms with Gasteiger partial charge in [-0.3, -0.25) is 4.72 Å². The van der Waals surface area contributed by atoms with E-state index >= 15 is 0 Å². The Labute approximate surface area is 126 Å². The third-order valence-electron chi connectivity index (χ3n) is 2.65. The number of methoxy groups -OCH3 is 1. The molecular formula is C13H12ClFN2O3S. The van der Waals surface area contributed by atoms with Crippen LogP contribution in [0.3, 0.4) is 0 Å². The monoisotopic (exact) mass is 330 g/mol. The molecule has 0 aliphatic rings. The average Bonchev–Trinajstić information content (AvgIpc) is 2.43. The van der Waals surface area contributed by atoms with Crippen molar-refractivity contribution in [3.8, 4) is 5.75 Å². The van der Waals surface area contributed by atoms with Crippen LogP contribution in [-0.4, -0.2) is 15.5 Å². The molecule has 0 aliphatic heterocycles. The van der Waals surface area contributed by atoms with Gasteiger partial charge in [0.15, 0.2) is 0 Å². The number of sulfonamides is 1. The lowest BCUT2D eigenvalue weighted by atomic mass is 10.3. The summed E-state index contributed by atoms with van der Waals surface area (Å²) in [5, 5.41) is 0.329. The summed E-state index contributed by atoms with van der Waals surface area (Å²) in [6.45, 7) is 0. The zero-order valence-corrected chi connectivity index (χ0v) is 12.5. The number of anilines is 2. The standard InChI is InChI=1S/C13H12ClFN2O3S/c1-20-12-7-9(3-4-10(12)14)17-21(18,19)13-6-8(16)2-5-11(13)15/h2-7,17H,16H2,1H3. The summed E-state index contributed by atoms with van der Waals surface area (Å²) in [7, 11) is -2.71. The quantitative estimate of drug-likeness (QED) is 0.845. The second-order valence-electron chi connectivity index (χ2n) is 4.14. The van der Waals surface area contributed by atoms with Gasteiger partial charge in [0.05, 0.1) is 17.8 Å². The molecule has 0 saturated carbocycles. The number of rotatable bonds is 4. The van der Waals surface area contributed by atoms with Crippen molar-refractivity contribution in [3.05, 3.63) is 47.2 Å². The van der Waals surface area contributed by atoms with E-state index in [1.54, 1.807) is 0 Å². The Kier molecular flexibility index (Phi) is 4.24. The molecule has 2 aromatic carbocycles. The highest BCUT2D eigenvalue weighted by Crippen LogP contribution is 2.29. The van der Waals surface area contributed by atoms with Crippen LogP contribution in [-0.2, 0) is 10.0 Å². The molecule has 21 heavy (non-hydrogen) atoms. The van der Waals surface area contributed by atoms with Crippen LogP contribution in [0.5, 0.6) is 5.75 Å². The van der Waals surface area contributed by atoms with Gasteiger partial charge < -0.3 is 10.5 Å². The van der Waals surface area contributed by atoms with Gasteiger partial charge in [0.2, 0.25) is 0 Å². The van der Waals surface area contributed by atoms with E-state index in [9.17, 15) is 12.8 Å². The summed E-state index contributed by atoms with van der Waals surface area (Å²) in [5.74, 6) is -0.595. The molecule has 3 N–H and O–H groups in total. The highest BCUT2D eigenvalue weighted by Gasteiger charge is 2.20. The maximum absolute atomic E-state index is 13.7. The Morgan fingerprint density at radius 1 is 1.24 bits per heavy atom. The van der Waals surface area contributed by atoms with Crippen molar-refractivity contribution in [2.75, 3.05) is 17.6 Å². The molecule has 8 heteroatoms. The predicted molar refractivity (Wildman–Crippen MR) is 79.6 cm³/mol. The summed E-state index contributed by atoms with van der Waals surface area (Å²) >= 11 is 5.85. The van der Waals surface area contributed by atoms with Crippen LogP contribution in [0, 0.1) is 5.82 Å². The fraction of sp³-hybridized carbons (Fsp3) is 0.0769. The van der Waals surface area contributed by atoms with Crippen LogP contribution < -0.4 is 15.2 Å². The number of nitrogen functional groups attached to an aromatic ring is 1. The molecule has 0 bridgehead atoms. The maximum Gasteiger partial charge on any atom is 0.264 e. The van der Waals surface area contributed by atoms with Crippen molar-refractivity contribution in [3.63, 3.8) is 0 Å². The van der Waals surface area contributed by atoms with Gasteiger partial charge in [-0.25, -0.2) is 12.8 Å². The molecule has 0 aromatic heterocycles. The lowest BCUT2D eigenvalue weighted by molar-refractivity contribution is 0.415. The second-order valence-corrected chi connectivity index (χ2v) is 6.20. The predicted octanol–water partition coefficient (Wildman–Crippen LogP) is 2.87. The van der Waals surface area contributed by atoms with Gasteiger partial charge in [-0.2, -0.15) is 0 Å². The van der Waals surface area contributed by atoms with Gasteiger partial charge >= 0.3 is 0 Å². The minimum absolute atomic E-state index is 0.144. The van der Waals surface area contributed by atoms with Crippen molar-refractivity contribution < 1.29 is 17.5 Å². The topological polar surface area (TPSA) is 81.4 Å². The number of nitrogens with one attached hydrogen (secondary N) is 1. The van der Waals surface area contributed by atoms with E-state index in [-0.39, 0.29) is 11.4 Å². The van der Waals surface area contributed by atoms with E-state index in [2.05, 4.69) is 4.72 Å². The van der Waals surface area contributed by atoms with Crippen LogP contribution in [0.1, 0.15) is 0 Å². The first-order valence-corrected chi connectivity index (χ1v) is 7.61. The summed E-state index contributed by atoms with van der Waals surface area (Å²) < 4.78 is 45.2. The smallest absolute Gasteiger partial charge is 0.264 e. The van der Waals surface area contributed by atoms with E-state index < -0.39 is 20.7 Å². The normalized spacial score (nSPS) is 11.2. The first kappa shape index (κ1) is 15.4. The van der Waals surface area contributed by atoms with Gasteiger partial charge in [-0.05, 0) is 30.3 Å². The van der Waals surface area contributed by atoms with Crippen LogP contribution in [0.2, 0.25) is 5.02 Å². The summed E-state index contributed by atoms with van der Waals surface area (Å²) in [4.78, 5) is -0.531. The Bertz CT molecular complexity index is 781. The summed E-state index contributed by atoms with van der Waals surface area (Å²) in [5.41, 5.74) is 5.82. The van der Waals surface area contributed by atoms with Crippen LogP contribution in [0.15, 0.2) is 41.3 Å². The first-order chi connectivity index (χ1) is 9.83. The van der Waals surface area contributed by atoms with E-state index in [4.69, 9.17) is 22.1 Å². The molecule has 0 amide bonds. The zero-order chi connectivity index (χ0) is 15.6. The third-order valence-corrected chi connectivity index (χ3v) is 4.36. The Morgan fingerprint density at radius 2 is 1.95 bits per heavy atom. The molecule has 0 atom stereocenters. The Balaban J connectivity index is 2.40. The largest absolute Gasteiger partial charge is 0.495 e. The third kappa shape index (κ3) is 3.37. The molecule has 0 unspecified atom stereocenters. The highest BCUT2D eigenvalue weighted by atomic mass is 35.5. The van der Waals surface area contributed by atoms with E-state index in [1.165, 1.54) is 31.4 Å². The average molecular weight is 331 g/mol. The van der Waals surface area contributed by atoms with Crippen LogP contribution in [0.4, 0.5) is 15.8 Å². The van der Waals surface area contributed by atoms with Crippen LogP contribution in [0.25, 0.3) is 0 Å². The second kappa shape index (κ2) is 5.79. The van der Waals surface area contributed by atoms with Crippen molar-refractivity contribution in [2.24, 2.45) is 0 Å². The van der Waals surface area contributed by atoms with E-state index in [1.807, 2.05) is 0 Å². The van der Waals surface area contributed by atoms with E-state index in [0.717, 1.165) is 12.1 Å². The van der Waals surface area contributed by atoms with Gasteiger partial charge in [-0.15, -0.1) is 0 Å². The Morgan fingerprint density at radius 3 is 2.62 bits per heavy atom. The number of hydrogen-bond acceptors (Lipinski definition) is 4. The van der Waals surface area contributed by atoms with Gasteiger partial charge in [-0.1, -0.05) is 11.6 Å².